The van der Waals surface area contributed by atoms with E-state index in [-0.39, 0.29) is 5.92 Å². The minimum atomic E-state index is -0.792. The monoisotopic (exact) mass is 299 g/mol. The Morgan fingerprint density at radius 1 is 1.59 bits per heavy atom. The molecule has 1 aliphatic rings. The number of carboxylic acid groups (broad SMARTS) is 1. The van der Waals surface area contributed by atoms with Gasteiger partial charge in [-0.3, -0.25) is 4.79 Å². The zero-order valence-electron chi connectivity index (χ0n) is 9.44. The summed E-state index contributed by atoms with van der Waals surface area (Å²) >= 11 is 3.42. The van der Waals surface area contributed by atoms with E-state index in [0.29, 0.717) is 0 Å². The molecule has 2 atom stereocenters. The molecular formula is C12H14BrNO3. The largest absolute Gasteiger partial charge is 0.496 e. The van der Waals surface area contributed by atoms with Gasteiger partial charge in [0, 0.05) is 5.92 Å². The number of rotatable bonds is 3. The van der Waals surface area contributed by atoms with Crippen LogP contribution in [0.15, 0.2) is 22.7 Å². The van der Waals surface area contributed by atoms with E-state index in [4.69, 9.17) is 9.84 Å². The van der Waals surface area contributed by atoms with Gasteiger partial charge in [0.25, 0.3) is 0 Å². The summed E-state index contributed by atoms with van der Waals surface area (Å²) in [6, 6.07) is 5.23. The van der Waals surface area contributed by atoms with Gasteiger partial charge in [0.2, 0.25) is 0 Å². The number of nitrogens with one attached hydrogen (secondary N) is 1. The van der Waals surface area contributed by atoms with Gasteiger partial charge >= 0.3 is 5.97 Å². The summed E-state index contributed by atoms with van der Waals surface area (Å²) < 4.78 is 6.01. The summed E-state index contributed by atoms with van der Waals surface area (Å²) in [5.41, 5.74) is 1.02. The van der Waals surface area contributed by atoms with Crippen LogP contribution in [0.25, 0.3) is 0 Å². The number of benzene rings is 1. The van der Waals surface area contributed by atoms with Crippen LogP contribution < -0.4 is 10.1 Å². The number of hydrogen-bond acceptors (Lipinski definition) is 3. The van der Waals surface area contributed by atoms with Crippen LogP contribution in [-0.2, 0) is 4.79 Å². The molecule has 5 heteroatoms. The second-order valence-electron chi connectivity index (χ2n) is 4.06. The molecule has 1 aromatic rings. The van der Waals surface area contributed by atoms with Crippen LogP contribution in [0.2, 0.25) is 0 Å². The third kappa shape index (κ3) is 2.45. The molecule has 1 saturated heterocycles. The number of ether oxygens (including phenoxy) is 1. The van der Waals surface area contributed by atoms with E-state index < -0.39 is 12.0 Å². The fourth-order valence-electron chi connectivity index (χ4n) is 2.24. The average molecular weight is 300 g/mol. The summed E-state index contributed by atoms with van der Waals surface area (Å²) in [5, 5.41) is 12.1. The van der Waals surface area contributed by atoms with Crippen LogP contribution in [0, 0.1) is 0 Å². The molecule has 4 nitrogen and oxygen atoms in total. The minimum absolute atomic E-state index is 0.0229. The van der Waals surface area contributed by atoms with E-state index in [1.807, 2.05) is 18.2 Å². The zero-order chi connectivity index (χ0) is 12.4. The molecule has 1 aromatic carbocycles. The second kappa shape index (κ2) is 5.06. The van der Waals surface area contributed by atoms with E-state index in [9.17, 15) is 4.79 Å². The van der Waals surface area contributed by atoms with Crippen molar-refractivity contribution in [3.8, 4) is 5.75 Å². The Balaban J connectivity index is 2.27. The lowest BCUT2D eigenvalue weighted by Gasteiger charge is -2.16. The smallest absolute Gasteiger partial charge is 0.321 e. The van der Waals surface area contributed by atoms with E-state index in [2.05, 4.69) is 21.2 Å². The maximum atomic E-state index is 11.1. The van der Waals surface area contributed by atoms with Gasteiger partial charge in [-0.2, -0.15) is 0 Å². The summed E-state index contributed by atoms with van der Waals surface area (Å²) in [6.45, 7) is 0.741. The van der Waals surface area contributed by atoms with Gasteiger partial charge in [-0.15, -0.1) is 0 Å². The van der Waals surface area contributed by atoms with Crippen molar-refractivity contribution in [2.45, 2.75) is 18.4 Å². The molecule has 1 aliphatic heterocycles. The summed E-state index contributed by atoms with van der Waals surface area (Å²) in [6.07, 6.45) is 0.843. The third-order valence-electron chi connectivity index (χ3n) is 3.09. The highest BCUT2D eigenvalue weighted by Crippen LogP contribution is 2.33. The summed E-state index contributed by atoms with van der Waals surface area (Å²) in [4.78, 5) is 11.1. The van der Waals surface area contributed by atoms with Gasteiger partial charge < -0.3 is 15.2 Å². The Labute approximate surface area is 108 Å². The van der Waals surface area contributed by atoms with Gasteiger partial charge in [-0.1, -0.05) is 6.07 Å². The van der Waals surface area contributed by atoms with Crippen molar-refractivity contribution < 1.29 is 14.6 Å². The van der Waals surface area contributed by atoms with Crippen LogP contribution in [0.3, 0.4) is 0 Å². The third-order valence-corrected chi connectivity index (χ3v) is 3.71. The van der Waals surface area contributed by atoms with Gasteiger partial charge in [0.1, 0.15) is 11.8 Å². The molecular weight excluding hydrogens is 286 g/mol. The van der Waals surface area contributed by atoms with Gasteiger partial charge in [0.05, 0.1) is 11.6 Å². The van der Waals surface area contributed by atoms with Crippen molar-refractivity contribution in [3.05, 3.63) is 28.2 Å². The number of carbonyl (C=O) groups is 1. The molecule has 0 aromatic heterocycles. The Morgan fingerprint density at radius 3 is 2.94 bits per heavy atom. The maximum Gasteiger partial charge on any atom is 0.321 e. The highest BCUT2D eigenvalue weighted by Gasteiger charge is 2.33. The standard InChI is InChI=1S/C12H14BrNO3/c1-17-10-3-2-7(6-9(10)13)8-4-5-14-11(8)12(15)16/h2-3,6,8,11,14H,4-5H2,1H3,(H,15,16). The average Bonchev–Trinajstić information content (AvgIpc) is 2.77. The highest BCUT2D eigenvalue weighted by atomic mass is 79.9. The lowest BCUT2D eigenvalue weighted by atomic mass is 9.92. The number of halogens is 1. The van der Waals surface area contributed by atoms with Gasteiger partial charge in [-0.25, -0.2) is 0 Å². The lowest BCUT2D eigenvalue weighted by Crippen LogP contribution is -2.34. The number of methoxy groups -OCH3 is 1. The van der Waals surface area contributed by atoms with E-state index in [1.165, 1.54) is 0 Å². The number of aliphatic carboxylic acids is 1. The lowest BCUT2D eigenvalue weighted by molar-refractivity contribution is -0.139. The Morgan fingerprint density at radius 2 is 2.35 bits per heavy atom. The van der Waals surface area contributed by atoms with Crippen LogP contribution in [-0.4, -0.2) is 30.8 Å². The van der Waals surface area contributed by atoms with Crippen molar-refractivity contribution in [1.29, 1.82) is 0 Å². The SMILES string of the molecule is COc1ccc(C2CCNC2C(=O)O)cc1Br. The van der Waals surface area contributed by atoms with Crippen molar-refractivity contribution in [3.63, 3.8) is 0 Å². The molecule has 2 unspecified atom stereocenters. The molecule has 92 valence electrons. The van der Waals surface area contributed by atoms with E-state index in [1.54, 1.807) is 7.11 Å². The molecule has 1 fully saturated rings. The topological polar surface area (TPSA) is 58.6 Å². The molecule has 2 N–H and O–H groups in total. The molecule has 0 saturated carbocycles. The van der Waals surface area contributed by atoms with Gasteiger partial charge in [-0.05, 0) is 46.6 Å². The number of hydrogen-bond donors (Lipinski definition) is 2. The first-order valence-corrected chi connectivity index (χ1v) is 6.22. The molecule has 17 heavy (non-hydrogen) atoms. The summed E-state index contributed by atoms with van der Waals surface area (Å²) in [5.74, 6) is -0.0132. The predicted octanol–water partition coefficient (Wildman–Crippen LogP) is 1.99. The van der Waals surface area contributed by atoms with Crippen LogP contribution >= 0.6 is 15.9 Å². The van der Waals surface area contributed by atoms with Crippen LogP contribution in [0.5, 0.6) is 5.75 Å². The second-order valence-corrected chi connectivity index (χ2v) is 4.91. The van der Waals surface area contributed by atoms with Crippen molar-refractivity contribution >= 4 is 21.9 Å². The molecule has 0 radical (unpaired) electrons. The zero-order valence-corrected chi connectivity index (χ0v) is 11.0. The molecule has 0 spiro atoms. The molecule has 0 amide bonds. The fourth-order valence-corrected chi connectivity index (χ4v) is 2.79. The maximum absolute atomic E-state index is 11.1. The van der Waals surface area contributed by atoms with E-state index in [0.717, 1.165) is 28.8 Å². The highest BCUT2D eigenvalue weighted by molar-refractivity contribution is 9.10. The molecule has 0 bridgehead atoms. The quantitative estimate of drug-likeness (QED) is 0.896. The molecule has 0 aliphatic carbocycles. The first kappa shape index (κ1) is 12.4. The van der Waals surface area contributed by atoms with Crippen molar-refractivity contribution in [1.82, 2.24) is 5.32 Å². The van der Waals surface area contributed by atoms with Gasteiger partial charge in [0.15, 0.2) is 0 Å². The predicted molar refractivity (Wildman–Crippen MR) is 67.5 cm³/mol. The van der Waals surface area contributed by atoms with Crippen LogP contribution in [0.1, 0.15) is 17.9 Å². The van der Waals surface area contributed by atoms with Crippen molar-refractivity contribution in [2.24, 2.45) is 0 Å². The fraction of sp³-hybridized carbons (Fsp3) is 0.417. The normalized spacial score (nSPS) is 23.6. The van der Waals surface area contributed by atoms with E-state index >= 15 is 0 Å². The Kier molecular flexibility index (Phi) is 3.69. The Hall–Kier alpha value is -1.07. The minimum Gasteiger partial charge on any atom is -0.496 e. The first-order valence-electron chi connectivity index (χ1n) is 5.43. The molecule has 2 rings (SSSR count). The summed E-state index contributed by atoms with van der Waals surface area (Å²) in [7, 11) is 1.61. The first-order chi connectivity index (χ1) is 8.13. The Bertz CT molecular complexity index is 436. The number of carboxylic acids is 1. The van der Waals surface area contributed by atoms with Crippen LogP contribution in [0.4, 0.5) is 0 Å². The molecule has 1 heterocycles. The van der Waals surface area contributed by atoms with Crippen molar-refractivity contribution in [2.75, 3.05) is 13.7 Å².